The van der Waals surface area contributed by atoms with E-state index in [1.165, 1.54) is 5.56 Å². The van der Waals surface area contributed by atoms with Crippen LogP contribution in [0.2, 0.25) is 0 Å². The molecule has 0 spiro atoms. The lowest BCUT2D eigenvalue weighted by Gasteiger charge is -2.20. The summed E-state index contributed by atoms with van der Waals surface area (Å²) in [5.41, 5.74) is 2.16. The summed E-state index contributed by atoms with van der Waals surface area (Å²) >= 11 is 0. The number of fused-ring (bicyclic) bond motifs is 1. The molecule has 1 fully saturated rings. The molecule has 1 aliphatic rings. The van der Waals surface area contributed by atoms with E-state index in [-0.39, 0.29) is 6.09 Å². The van der Waals surface area contributed by atoms with Gasteiger partial charge in [0, 0.05) is 37.3 Å². The normalized spacial score (nSPS) is 17.4. The smallest absolute Gasteiger partial charge is 0.414 e. The van der Waals surface area contributed by atoms with Crippen LogP contribution in [0.4, 0.5) is 4.79 Å². The lowest BCUT2D eigenvalue weighted by atomic mass is 10.1. The van der Waals surface area contributed by atoms with E-state index in [9.17, 15) is 4.79 Å². The molecule has 0 bridgehead atoms. The minimum absolute atomic E-state index is 0.296. The van der Waals surface area contributed by atoms with Crippen molar-refractivity contribution in [3.8, 4) is 5.75 Å². The molecule has 0 aliphatic carbocycles. The van der Waals surface area contributed by atoms with Crippen LogP contribution in [0.1, 0.15) is 31.7 Å². The SMILES string of the molecule is C=C(C)OC(=O)N1CCCC(NCc2ccnc3ccc(OC)cc23)CC1. The van der Waals surface area contributed by atoms with Crippen molar-refractivity contribution in [2.45, 2.75) is 38.8 Å². The summed E-state index contributed by atoms with van der Waals surface area (Å²) in [5, 5.41) is 4.74. The van der Waals surface area contributed by atoms with Crippen LogP contribution >= 0.6 is 0 Å². The molecule has 6 nitrogen and oxygen atoms in total. The number of hydrogen-bond acceptors (Lipinski definition) is 5. The predicted octanol–water partition coefficient (Wildman–Crippen LogP) is 3.86. The molecule has 2 aromatic rings. The number of ether oxygens (including phenoxy) is 2. The monoisotopic (exact) mass is 369 g/mol. The topological polar surface area (TPSA) is 63.7 Å². The van der Waals surface area contributed by atoms with Crippen LogP contribution in [0.5, 0.6) is 5.75 Å². The van der Waals surface area contributed by atoms with E-state index >= 15 is 0 Å². The predicted molar refractivity (Wildman–Crippen MR) is 106 cm³/mol. The molecule has 1 atom stereocenters. The molecule has 3 rings (SSSR count). The van der Waals surface area contributed by atoms with E-state index in [0.717, 1.165) is 49.0 Å². The number of allylic oxidation sites excluding steroid dienone is 1. The Hall–Kier alpha value is -2.60. The summed E-state index contributed by atoms with van der Waals surface area (Å²) in [6, 6.07) is 8.34. The van der Waals surface area contributed by atoms with E-state index in [1.54, 1.807) is 18.9 Å². The van der Waals surface area contributed by atoms with Crippen molar-refractivity contribution < 1.29 is 14.3 Å². The Morgan fingerprint density at radius 3 is 2.96 bits per heavy atom. The van der Waals surface area contributed by atoms with Gasteiger partial charge in [-0.25, -0.2) is 4.79 Å². The van der Waals surface area contributed by atoms with Gasteiger partial charge in [-0.15, -0.1) is 0 Å². The lowest BCUT2D eigenvalue weighted by Crippen LogP contribution is -2.34. The quantitative estimate of drug-likeness (QED) is 0.811. The lowest BCUT2D eigenvalue weighted by molar-refractivity contribution is 0.130. The molecule has 1 N–H and O–H groups in total. The summed E-state index contributed by atoms with van der Waals surface area (Å²) in [5.74, 6) is 1.26. The van der Waals surface area contributed by atoms with Gasteiger partial charge < -0.3 is 19.7 Å². The van der Waals surface area contributed by atoms with Gasteiger partial charge in [-0.1, -0.05) is 6.58 Å². The summed E-state index contributed by atoms with van der Waals surface area (Å²) < 4.78 is 10.5. The maximum Gasteiger partial charge on any atom is 0.414 e. The summed E-state index contributed by atoms with van der Waals surface area (Å²) in [4.78, 5) is 18.3. The van der Waals surface area contributed by atoms with Crippen LogP contribution in [0.25, 0.3) is 10.9 Å². The van der Waals surface area contributed by atoms with Gasteiger partial charge in [0.2, 0.25) is 0 Å². The number of likely N-dealkylation sites (tertiary alicyclic amines) is 1. The van der Waals surface area contributed by atoms with Crippen molar-refractivity contribution in [3.05, 3.63) is 48.4 Å². The molecule has 144 valence electrons. The summed E-state index contributed by atoms with van der Waals surface area (Å²) in [7, 11) is 1.67. The molecule has 2 heterocycles. The second-order valence-corrected chi connectivity index (χ2v) is 6.92. The fraction of sp³-hybridized carbons (Fsp3) is 0.429. The van der Waals surface area contributed by atoms with Gasteiger partial charge in [-0.2, -0.15) is 0 Å². The van der Waals surface area contributed by atoms with E-state index in [1.807, 2.05) is 30.5 Å². The highest BCUT2D eigenvalue weighted by Crippen LogP contribution is 2.23. The molecular formula is C21H27N3O3. The van der Waals surface area contributed by atoms with E-state index in [0.29, 0.717) is 18.3 Å². The third-order valence-corrected chi connectivity index (χ3v) is 4.87. The minimum Gasteiger partial charge on any atom is -0.497 e. The van der Waals surface area contributed by atoms with Crippen LogP contribution in [-0.2, 0) is 11.3 Å². The molecule has 27 heavy (non-hydrogen) atoms. The van der Waals surface area contributed by atoms with Crippen LogP contribution in [-0.4, -0.2) is 42.2 Å². The number of carbonyl (C=O) groups excluding carboxylic acids is 1. The Balaban J connectivity index is 1.61. The van der Waals surface area contributed by atoms with Gasteiger partial charge in [-0.05, 0) is 56.0 Å². The largest absolute Gasteiger partial charge is 0.497 e. The number of nitrogens with one attached hydrogen (secondary N) is 1. The van der Waals surface area contributed by atoms with Gasteiger partial charge in [0.15, 0.2) is 0 Å². The summed E-state index contributed by atoms with van der Waals surface area (Å²) in [6.07, 6.45) is 4.43. The highest BCUT2D eigenvalue weighted by molar-refractivity contribution is 5.83. The number of carbonyl (C=O) groups is 1. The van der Waals surface area contributed by atoms with E-state index < -0.39 is 0 Å². The van der Waals surface area contributed by atoms with Crippen molar-refractivity contribution in [2.75, 3.05) is 20.2 Å². The van der Waals surface area contributed by atoms with Crippen LogP contribution in [0.15, 0.2) is 42.8 Å². The summed E-state index contributed by atoms with van der Waals surface area (Å²) in [6.45, 7) is 7.49. The number of methoxy groups -OCH3 is 1. The maximum atomic E-state index is 12.1. The molecule has 1 aromatic carbocycles. The average Bonchev–Trinajstić information content (AvgIpc) is 2.91. The van der Waals surface area contributed by atoms with Gasteiger partial charge in [0.05, 0.1) is 18.4 Å². The zero-order valence-corrected chi connectivity index (χ0v) is 16.0. The van der Waals surface area contributed by atoms with E-state index in [4.69, 9.17) is 9.47 Å². The Bertz CT molecular complexity index is 821. The molecule has 6 heteroatoms. The zero-order chi connectivity index (χ0) is 19.2. The van der Waals surface area contributed by atoms with Gasteiger partial charge in [0.25, 0.3) is 0 Å². The maximum absolute atomic E-state index is 12.1. The van der Waals surface area contributed by atoms with Crippen molar-refractivity contribution in [1.82, 2.24) is 15.2 Å². The molecule has 1 saturated heterocycles. The Labute approximate surface area is 160 Å². The number of pyridine rings is 1. The zero-order valence-electron chi connectivity index (χ0n) is 16.0. The van der Waals surface area contributed by atoms with Gasteiger partial charge in [0.1, 0.15) is 5.75 Å². The Morgan fingerprint density at radius 1 is 1.33 bits per heavy atom. The third kappa shape index (κ3) is 4.98. The second-order valence-electron chi connectivity index (χ2n) is 6.92. The average molecular weight is 369 g/mol. The third-order valence-electron chi connectivity index (χ3n) is 4.87. The van der Waals surface area contributed by atoms with E-state index in [2.05, 4.69) is 16.9 Å². The first-order valence-corrected chi connectivity index (χ1v) is 9.34. The number of hydrogen-bond donors (Lipinski definition) is 1. The first-order chi connectivity index (χ1) is 13.1. The number of benzene rings is 1. The van der Waals surface area contributed by atoms with Crippen molar-refractivity contribution >= 4 is 17.0 Å². The van der Waals surface area contributed by atoms with Crippen LogP contribution in [0.3, 0.4) is 0 Å². The van der Waals surface area contributed by atoms with Crippen molar-refractivity contribution in [1.29, 1.82) is 0 Å². The molecule has 1 amide bonds. The molecule has 1 unspecified atom stereocenters. The minimum atomic E-state index is -0.296. The first-order valence-electron chi connectivity index (χ1n) is 9.34. The second kappa shape index (κ2) is 8.86. The number of aromatic nitrogens is 1. The Morgan fingerprint density at radius 2 is 2.19 bits per heavy atom. The highest BCUT2D eigenvalue weighted by Gasteiger charge is 2.21. The molecule has 1 aliphatic heterocycles. The molecular weight excluding hydrogens is 342 g/mol. The molecule has 1 aromatic heterocycles. The fourth-order valence-electron chi connectivity index (χ4n) is 3.41. The van der Waals surface area contributed by atoms with Crippen molar-refractivity contribution in [3.63, 3.8) is 0 Å². The molecule has 0 saturated carbocycles. The van der Waals surface area contributed by atoms with Crippen LogP contribution in [0, 0.1) is 0 Å². The van der Waals surface area contributed by atoms with Crippen molar-refractivity contribution in [2.24, 2.45) is 0 Å². The fourth-order valence-corrected chi connectivity index (χ4v) is 3.41. The standard InChI is InChI=1S/C21H27N3O3/c1-15(2)27-21(25)24-11-4-5-17(9-12-24)23-14-16-8-10-22-20-7-6-18(26-3)13-19(16)20/h6-8,10,13,17,23H,1,4-5,9,11-12,14H2,2-3H3. The molecule has 0 radical (unpaired) electrons. The highest BCUT2D eigenvalue weighted by atomic mass is 16.6. The van der Waals surface area contributed by atoms with Crippen LogP contribution < -0.4 is 10.1 Å². The number of amides is 1. The Kier molecular flexibility index (Phi) is 6.29. The van der Waals surface area contributed by atoms with Gasteiger partial charge >= 0.3 is 6.09 Å². The number of rotatable bonds is 5. The number of nitrogens with zero attached hydrogens (tertiary/aromatic N) is 2. The van der Waals surface area contributed by atoms with Gasteiger partial charge in [-0.3, -0.25) is 4.98 Å². The first kappa shape index (κ1) is 19.2.